The molecule has 1 fully saturated rings. The Hall–Kier alpha value is -3.07. The van der Waals surface area contributed by atoms with E-state index >= 15 is 0 Å². The van der Waals surface area contributed by atoms with Crippen molar-refractivity contribution in [3.05, 3.63) is 59.2 Å². The van der Waals surface area contributed by atoms with Crippen LogP contribution in [0.1, 0.15) is 75.4 Å². The first-order chi connectivity index (χ1) is 17.1. The highest BCUT2D eigenvalue weighted by atomic mass is 19.4. The number of likely N-dealkylation sites (tertiary alicyclic amines) is 1. The number of carbonyl (C=O) groups is 2. The monoisotopic (exact) mass is 520 g/mol. The Bertz CT molecular complexity index is 1110. The minimum absolute atomic E-state index is 0.113. The van der Waals surface area contributed by atoms with Gasteiger partial charge in [-0.2, -0.15) is 13.2 Å². The van der Waals surface area contributed by atoms with Crippen molar-refractivity contribution >= 4 is 17.7 Å². The molecule has 0 aromatic heterocycles. The molecule has 6 nitrogen and oxygen atoms in total. The van der Waals surface area contributed by atoms with Gasteiger partial charge in [-0.05, 0) is 66.5 Å². The Balaban J connectivity index is 1.75. The van der Waals surface area contributed by atoms with Crippen molar-refractivity contribution < 1.29 is 32.6 Å². The normalized spacial score (nSPS) is 16.0. The Morgan fingerprint density at radius 1 is 1.03 bits per heavy atom. The van der Waals surface area contributed by atoms with E-state index in [0.717, 1.165) is 17.7 Å². The molecule has 37 heavy (non-hydrogen) atoms. The van der Waals surface area contributed by atoms with Gasteiger partial charge in [0.05, 0.1) is 16.7 Å². The summed E-state index contributed by atoms with van der Waals surface area (Å²) >= 11 is 0. The van der Waals surface area contributed by atoms with Crippen LogP contribution in [0.3, 0.4) is 0 Å². The van der Waals surface area contributed by atoms with Crippen LogP contribution in [-0.2, 0) is 11.6 Å². The van der Waals surface area contributed by atoms with Crippen LogP contribution >= 0.6 is 0 Å². The minimum atomic E-state index is -4.73. The van der Waals surface area contributed by atoms with Crippen molar-refractivity contribution in [3.8, 4) is 5.75 Å². The summed E-state index contributed by atoms with van der Waals surface area (Å²) in [6.07, 6.45) is -3.36. The van der Waals surface area contributed by atoms with Crippen molar-refractivity contribution in [2.75, 3.05) is 18.4 Å². The number of aliphatic hydroxyl groups is 1. The summed E-state index contributed by atoms with van der Waals surface area (Å²) in [5, 5.41) is 13.2. The Kier molecular flexibility index (Phi) is 8.27. The quantitative estimate of drug-likeness (QED) is 0.343. The maximum Gasteiger partial charge on any atom is 0.416 e. The Morgan fingerprint density at radius 3 is 2.14 bits per heavy atom. The largest absolute Gasteiger partial charge is 0.423 e. The molecule has 2 amide bonds. The average Bonchev–Trinajstić information content (AvgIpc) is 2.77. The number of alkyl halides is 3. The van der Waals surface area contributed by atoms with Crippen LogP contribution < -0.4 is 10.1 Å². The number of nitrogens with one attached hydrogen (secondary N) is 1. The zero-order valence-corrected chi connectivity index (χ0v) is 21.9. The number of piperidine rings is 1. The molecule has 1 saturated heterocycles. The molecule has 1 aliphatic rings. The average molecular weight is 521 g/mol. The summed E-state index contributed by atoms with van der Waals surface area (Å²) in [5.41, 5.74) is -1.55. The van der Waals surface area contributed by atoms with Crippen LogP contribution in [0.15, 0.2) is 42.5 Å². The summed E-state index contributed by atoms with van der Waals surface area (Å²) in [5.74, 6) is -0.477. The maximum atomic E-state index is 13.6. The van der Waals surface area contributed by atoms with Gasteiger partial charge in [0.15, 0.2) is 0 Å². The second kappa shape index (κ2) is 10.7. The molecule has 2 aromatic rings. The summed E-state index contributed by atoms with van der Waals surface area (Å²) in [4.78, 5) is 27.0. The zero-order chi connectivity index (χ0) is 27.6. The summed E-state index contributed by atoms with van der Waals surface area (Å²) in [6.45, 7) is 10.6. The molecular formula is C28H35F3N2O4. The smallest absolute Gasteiger partial charge is 0.416 e. The van der Waals surface area contributed by atoms with Gasteiger partial charge in [0.1, 0.15) is 5.75 Å². The summed E-state index contributed by atoms with van der Waals surface area (Å²) in [7, 11) is 0. The first-order valence-electron chi connectivity index (χ1n) is 12.4. The number of urea groups is 1. The highest BCUT2D eigenvalue weighted by Crippen LogP contribution is 2.33. The lowest BCUT2D eigenvalue weighted by Crippen LogP contribution is -2.48. The third kappa shape index (κ3) is 7.71. The second-order valence-electron chi connectivity index (χ2n) is 11.2. The van der Waals surface area contributed by atoms with Gasteiger partial charge >= 0.3 is 18.2 Å². The molecule has 9 heteroatoms. The number of ether oxygens (including phenoxy) is 1. The SMILES string of the molecule is CC(C)CC1(O)CCN(C(=O)Nc2cc(C(=O)Oc3ccc(C(C)(C)C)cc3)cc(C(F)(F)F)c2)CC1. The van der Waals surface area contributed by atoms with Crippen LogP contribution in [0, 0.1) is 5.92 Å². The molecule has 1 aliphatic heterocycles. The first kappa shape index (κ1) is 28.5. The van der Waals surface area contributed by atoms with E-state index in [0.29, 0.717) is 31.2 Å². The van der Waals surface area contributed by atoms with E-state index in [1.807, 2.05) is 34.6 Å². The summed E-state index contributed by atoms with van der Waals surface area (Å²) in [6, 6.07) is 8.82. The zero-order valence-electron chi connectivity index (χ0n) is 21.9. The van der Waals surface area contributed by atoms with Gasteiger partial charge in [-0.15, -0.1) is 0 Å². The fourth-order valence-electron chi connectivity index (χ4n) is 4.46. The molecular weight excluding hydrogens is 485 g/mol. The molecule has 0 bridgehead atoms. The number of esters is 1. The van der Waals surface area contributed by atoms with Crippen LogP contribution in [0.2, 0.25) is 0 Å². The molecule has 0 atom stereocenters. The standard InChI is InChI=1S/C28H35F3N2O4/c1-18(2)17-27(36)10-12-33(13-11-27)25(35)32-22-15-19(14-21(16-22)28(29,30)31)24(34)37-23-8-6-20(7-9-23)26(3,4)5/h6-9,14-16,18,36H,10-13,17H2,1-5H3,(H,32,35). The van der Waals surface area contributed by atoms with E-state index in [2.05, 4.69) is 5.32 Å². The van der Waals surface area contributed by atoms with E-state index in [4.69, 9.17) is 4.74 Å². The van der Waals surface area contributed by atoms with Gasteiger partial charge in [0, 0.05) is 18.8 Å². The highest BCUT2D eigenvalue weighted by molar-refractivity contribution is 5.95. The molecule has 3 rings (SSSR count). The lowest BCUT2D eigenvalue weighted by molar-refractivity contribution is -0.137. The third-order valence-corrected chi connectivity index (χ3v) is 6.45. The van der Waals surface area contributed by atoms with E-state index in [1.54, 1.807) is 24.3 Å². The van der Waals surface area contributed by atoms with Gasteiger partial charge in [-0.3, -0.25) is 0 Å². The van der Waals surface area contributed by atoms with Gasteiger partial charge in [0.25, 0.3) is 0 Å². The van der Waals surface area contributed by atoms with Crippen molar-refractivity contribution in [1.82, 2.24) is 4.90 Å². The van der Waals surface area contributed by atoms with Crippen LogP contribution in [0.25, 0.3) is 0 Å². The van der Waals surface area contributed by atoms with Crippen LogP contribution in [0.5, 0.6) is 5.75 Å². The lowest BCUT2D eigenvalue weighted by atomic mass is 9.84. The number of benzene rings is 2. The van der Waals surface area contributed by atoms with Gasteiger partial charge in [-0.1, -0.05) is 46.8 Å². The number of nitrogens with zero attached hydrogens (tertiary/aromatic N) is 1. The van der Waals surface area contributed by atoms with Gasteiger partial charge < -0.3 is 20.1 Å². The number of halogens is 3. The van der Waals surface area contributed by atoms with Crippen LogP contribution in [-0.4, -0.2) is 40.7 Å². The number of rotatable bonds is 5. The van der Waals surface area contributed by atoms with Crippen molar-refractivity contribution in [2.24, 2.45) is 5.92 Å². The first-order valence-corrected chi connectivity index (χ1v) is 12.4. The third-order valence-electron chi connectivity index (χ3n) is 6.45. The molecule has 0 aliphatic carbocycles. The van der Waals surface area contributed by atoms with Gasteiger partial charge in [-0.25, -0.2) is 9.59 Å². The highest BCUT2D eigenvalue weighted by Gasteiger charge is 2.35. The molecule has 0 unspecified atom stereocenters. The molecule has 1 heterocycles. The predicted octanol–water partition coefficient (Wildman–Crippen LogP) is 6.63. The predicted molar refractivity (Wildman–Crippen MR) is 136 cm³/mol. The number of amides is 2. The Morgan fingerprint density at radius 2 is 1.62 bits per heavy atom. The molecule has 202 valence electrons. The van der Waals surface area contributed by atoms with E-state index in [-0.39, 0.29) is 35.5 Å². The summed E-state index contributed by atoms with van der Waals surface area (Å²) < 4.78 is 46.0. The number of carbonyl (C=O) groups excluding carboxylic acids is 2. The van der Waals surface area contributed by atoms with E-state index < -0.39 is 29.3 Å². The number of hydrogen-bond acceptors (Lipinski definition) is 4. The van der Waals surface area contributed by atoms with Gasteiger partial charge in [0.2, 0.25) is 0 Å². The molecule has 2 N–H and O–H groups in total. The molecule has 2 aromatic carbocycles. The van der Waals surface area contributed by atoms with Crippen LogP contribution in [0.4, 0.5) is 23.7 Å². The number of hydrogen-bond donors (Lipinski definition) is 2. The second-order valence-corrected chi connectivity index (χ2v) is 11.2. The van der Waals surface area contributed by atoms with Crippen molar-refractivity contribution in [2.45, 2.75) is 71.1 Å². The van der Waals surface area contributed by atoms with E-state index in [9.17, 15) is 27.9 Å². The van der Waals surface area contributed by atoms with E-state index in [1.165, 1.54) is 4.90 Å². The molecule has 0 radical (unpaired) electrons. The minimum Gasteiger partial charge on any atom is -0.423 e. The molecule has 0 saturated carbocycles. The molecule has 0 spiro atoms. The fraction of sp³-hybridized carbons (Fsp3) is 0.500. The lowest BCUT2D eigenvalue weighted by Gasteiger charge is -2.39. The maximum absolute atomic E-state index is 13.6. The number of anilines is 1. The Labute approximate surface area is 215 Å². The van der Waals surface area contributed by atoms with Crippen molar-refractivity contribution in [3.63, 3.8) is 0 Å². The topological polar surface area (TPSA) is 78.9 Å². The van der Waals surface area contributed by atoms with Crippen molar-refractivity contribution in [1.29, 1.82) is 0 Å². The fourth-order valence-corrected chi connectivity index (χ4v) is 4.46.